The molecule has 1 aromatic carbocycles. The first-order chi connectivity index (χ1) is 15.7. The molecule has 0 amide bonds. The van der Waals surface area contributed by atoms with Crippen LogP contribution in [0.2, 0.25) is 0 Å². The zero-order chi connectivity index (χ0) is 24.9. The summed E-state index contributed by atoms with van der Waals surface area (Å²) in [4.78, 5) is 4.37. The molecule has 0 saturated heterocycles. The van der Waals surface area contributed by atoms with Gasteiger partial charge in [-0.05, 0) is 42.2 Å². The molecule has 0 fully saturated rings. The zero-order valence-electron chi connectivity index (χ0n) is 16.4. The number of primary sulfonamides is 1. The second-order valence-corrected chi connectivity index (χ2v) is 9.68. The van der Waals surface area contributed by atoms with E-state index in [0.29, 0.717) is 10.6 Å². The number of hydrogen-bond donors (Lipinski definition) is 1. The van der Waals surface area contributed by atoms with Crippen molar-refractivity contribution in [3.63, 3.8) is 0 Å². The number of benzene rings is 1. The van der Waals surface area contributed by atoms with Crippen LogP contribution in [0.5, 0.6) is 0 Å². The average Bonchev–Trinajstić information content (AvgIpc) is 3.36. The van der Waals surface area contributed by atoms with Crippen molar-refractivity contribution in [1.82, 2.24) is 14.6 Å². The number of alkyl halides is 6. The van der Waals surface area contributed by atoms with Crippen molar-refractivity contribution in [2.45, 2.75) is 16.6 Å². The van der Waals surface area contributed by atoms with Gasteiger partial charge < -0.3 is 0 Å². The number of rotatable bonds is 2. The standard InChI is InChI=1S/C20H10F6N4O2S2/c21-19(22,23)12-3-1-11(2-4-12)15-10-16(20(24,25)26)30-17(28-15)9-13(29-30)5-6-14-7-8-18(33-14)34(27,31)32/h1-4,7-10H,(H2,27,31,32). The van der Waals surface area contributed by atoms with Crippen LogP contribution in [0.1, 0.15) is 21.8 Å². The number of nitrogens with zero attached hydrogens (tertiary/aromatic N) is 3. The fourth-order valence-corrected chi connectivity index (χ4v) is 4.46. The number of halogens is 6. The fourth-order valence-electron chi connectivity index (χ4n) is 2.88. The first-order valence-corrected chi connectivity index (χ1v) is 11.4. The molecule has 0 saturated carbocycles. The number of nitrogens with two attached hydrogens (primary N) is 1. The zero-order valence-corrected chi connectivity index (χ0v) is 18.1. The Balaban J connectivity index is 1.77. The van der Waals surface area contributed by atoms with Gasteiger partial charge >= 0.3 is 12.4 Å². The number of hydrogen-bond acceptors (Lipinski definition) is 5. The molecule has 0 aliphatic rings. The maximum atomic E-state index is 13.7. The van der Waals surface area contributed by atoms with Crippen LogP contribution in [0.4, 0.5) is 26.3 Å². The molecule has 4 aromatic rings. The van der Waals surface area contributed by atoms with Crippen LogP contribution in [-0.4, -0.2) is 23.0 Å². The van der Waals surface area contributed by atoms with Crippen LogP contribution >= 0.6 is 11.3 Å². The quantitative estimate of drug-likeness (QED) is 0.313. The van der Waals surface area contributed by atoms with Gasteiger partial charge in [-0.1, -0.05) is 12.1 Å². The maximum Gasteiger partial charge on any atom is 0.433 e. The number of aromatic nitrogens is 3. The highest BCUT2D eigenvalue weighted by Gasteiger charge is 2.35. The van der Waals surface area contributed by atoms with Crippen molar-refractivity contribution < 1.29 is 34.8 Å². The minimum Gasteiger partial charge on any atom is -0.228 e. The molecule has 2 N–H and O–H groups in total. The minimum atomic E-state index is -4.85. The summed E-state index contributed by atoms with van der Waals surface area (Å²) in [5, 5.41) is 8.83. The van der Waals surface area contributed by atoms with Gasteiger partial charge in [0.2, 0.25) is 10.0 Å². The Hall–Kier alpha value is -3.41. The van der Waals surface area contributed by atoms with Gasteiger partial charge in [0.15, 0.2) is 11.3 Å². The number of thiophene rings is 1. The van der Waals surface area contributed by atoms with E-state index in [1.165, 1.54) is 18.2 Å². The molecule has 0 spiro atoms. The SMILES string of the molecule is NS(=O)(=O)c1ccc(C#Cc2cc3nc(-c4ccc(C(F)(F)F)cc4)cc(C(F)(F)F)n3n2)s1. The molecule has 0 aliphatic carbocycles. The third kappa shape index (κ3) is 4.91. The molecule has 3 aromatic heterocycles. The molecule has 0 aliphatic heterocycles. The van der Waals surface area contributed by atoms with Gasteiger partial charge in [0.05, 0.1) is 16.1 Å². The van der Waals surface area contributed by atoms with E-state index in [-0.39, 0.29) is 31.7 Å². The third-order valence-electron chi connectivity index (χ3n) is 4.40. The Labute approximate surface area is 191 Å². The first-order valence-electron chi connectivity index (χ1n) is 9.02. The van der Waals surface area contributed by atoms with Crippen LogP contribution in [0.3, 0.4) is 0 Å². The van der Waals surface area contributed by atoms with Crippen LogP contribution in [0.25, 0.3) is 16.9 Å². The van der Waals surface area contributed by atoms with E-state index in [1.807, 2.05) is 0 Å². The Kier molecular flexibility index (Phi) is 5.67. The van der Waals surface area contributed by atoms with E-state index in [4.69, 9.17) is 5.14 Å². The lowest BCUT2D eigenvalue weighted by atomic mass is 10.1. The normalized spacial score (nSPS) is 12.6. The van der Waals surface area contributed by atoms with Crippen LogP contribution in [0.15, 0.2) is 52.7 Å². The second-order valence-electron chi connectivity index (χ2n) is 6.81. The fraction of sp³-hybridized carbons (Fsp3) is 0.100. The minimum absolute atomic E-state index is 0.0453. The van der Waals surface area contributed by atoms with Gasteiger partial charge in [-0.25, -0.2) is 23.1 Å². The topological polar surface area (TPSA) is 90.4 Å². The predicted octanol–water partition coefficient (Wildman–Crippen LogP) is 4.54. The van der Waals surface area contributed by atoms with Crippen molar-refractivity contribution >= 4 is 27.0 Å². The smallest absolute Gasteiger partial charge is 0.228 e. The lowest BCUT2D eigenvalue weighted by Gasteiger charge is -2.11. The molecule has 0 atom stereocenters. The molecule has 3 heterocycles. The molecule has 0 unspecified atom stereocenters. The summed E-state index contributed by atoms with van der Waals surface area (Å²) in [6, 6.07) is 8.03. The summed E-state index contributed by atoms with van der Waals surface area (Å²) in [6.45, 7) is 0. The van der Waals surface area contributed by atoms with E-state index in [1.54, 1.807) is 0 Å². The summed E-state index contributed by atoms with van der Waals surface area (Å²) in [5.41, 5.74) is -2.63. The molecule has 4 rings (SSSR count). The van der Waals surface area contributed by atoms with Gasteiger partial charge in [0.1, 0.15) is 9.90 Å². The van der Waals surface area contributed by atoms with Crippen LogP contribution in [-0.2, 0) is 22.4 Å². The summed E-state index contributed by atoms with van der Waals surface area (Å²) < 4.78 is 102. The molecular weight excluding hydrogens is 506 g/mol. The third-order valence-corrected chi connectivity index (χ3v) is 6.84. The lowest BCUT2D eigenvalue weighted by molar-refractivity contribution is -0.142. The maximum absolute atomic E-state index is 13.7. The van der Waals surface area contributed by atoms with E-state index in [0.717, 1.165) is 35.6 Å². The first kappa shape index (κ1) is 23.7. The highest BCUT2D eigenvalue weighted by atomic mass is 32.2. The van der Waals surface area contributed by atoms with Crippen molar-refractivity contribution in [1.29, 1.82) is 0 Å². The summed E-state index contributed by atoms with van der Waals surface area (Å²) in [7, 11) is -3.92. The Morgan fingerprint density at radius 3 is 2.15 bits per heavy atom. The predicted molar refractivity (Wildman–Crippen MR) is 110 cm³/mol. The summed E-state index contributed by atoms with van der Waals surface area (Å²) >= 11 is 0.779. The monoisotopic (exact) mass is 516 g/mol. The van der Waals surface area contributed by atoms with E-state index in [9.17, 15) is 34.8 Å². The van der Waals surface area contributed by atoms with Gasteiger partial charge in [0, 0.05) is 11.6 Å². The van der Waals surface area contributed by atoms with Crippen molar-refractivity contribution in [2.75, 3.05) is 0 Å². The average molecular weight is 516 g/mol. The lowest BCUT2D eigenvalue weighted by Crippen LogP contribution is -2.13. The highest BCUT2D eigenvalue weighted by molar-refractivity contribution is 7.91. The Morgan fingerprint density at radius 1 is 0.912 bits per heavy atom. The van der Waals surface area contributed by atoms with Gasteiger partial charge in [-0.3, -0.25) is 0 Å². The van der Waals surface area contributed by atoms with Gasteiger partial charge in [-0.2, -0.15) is 31.4 Å². The van der Waals surface area contributed by atoms with Crippen LogP contribution < -0.4 is 5.14 Å². The van der Waals surface area contributed by atoms with E-state index in [2.05, 4.69) is 21.9 Å². The van der Waals surface area contributed by atoms with Crippen molar-refractivity contribution in [2.24, 2.45) is 5.14 Å². The summed E-state index contributed by atoms with van der Waals surface area (Å²) in [6.07, 6.45) is -9.44. The van der Waals surface area contributed by atoms with Crippen LogP contribution in [0, 0.1) is 11.8 Å². The van der Waals surface area contributed by atoms with Gasteiger partial charge in [-0.15, -0.1) is 11.3 Å². The highest BCUT2D eigenvalue weighted by Crippen LogP contribution is 2.34. The summed E-state index contributed by atoms with van der Waals surface area (Å²) in [5.74, 6) is 5.13. The molecule has 34 heavy (non-hydrogen) atoms. The molecular formula is C20H10F6N4O2S2. The number of fused-ring (bicyclic) bond motifs is 1. The van der Waals surface area contributed by atoms with E-state index >= 15 is 0 Å². The molecule has 6 nitrogen and oxygen atoms in total. The molecule has 0 bridgehead atoms. The van der Waals surface area contributed by atoms with Crippen molar-refractivity contribution in [3.05, 3.63) is 70.4 Å². The Bertz CT molecular complexity index is 1560. The van der Waals surface area contributed by atoms with Crippen molar-refractivity contribution in [3.8, 4) is 23.1 Å². The Morgan fingerprint density at radius 2 is 1.59 bits per heavy atom. The second kappa shape index (κ2) is 8.12. The molecule has 0 radical (unpaired) electrons. The largest absolute Gasteiger partial charge is 0.433 e. The number of sulfonamides is 1. The molecule has 176 valence electrons. The van der Waals surface area contributed by atoms with Gasteiger partial charge in [0.25, 0.3) is 0 Å². The molecule has 14 heteroatoms. The van der Waals surface area contributed by atoms with E-state index < -0.39 is 33.6 Å².